The second-order valence-corrected chi connectivity index (χ2v) is 12.9. The quantitative estimate of drug-likeness (QED) is 0.480. The normalized spacial score (nSPS) is 45.6. The maximum atomic E-state index is 13.8. The molecule has 0 amide bonds. The van der Waals surface area contributed by atoms with Crippen molar-refractivity contribution < 1.29 is 9.59 Å². The van der Waals surface area contributed by atoms with E-state index in [1.165, 1.54) is 38.5 Å². The maximum Gasteiger partial charge on any atom is 0.137 e. The van der Waals surface area contributed by atoms with Gasteiger partial charge in [0.25, 0.3) is 0 Å². The Bertz CT molecular complexity index is 680. The first kappa shape index (κ1) is 22.5. The Hall–Kier alpha value is -0.660. The van der Waals surface area contributed by atoms with Crippen molar-refractivity contribution in [1.82, 2.24) is 0 Å². The molecule has 0 bridgehead atoms. The van der Waals surface area contributed by atoms with Gasteiger partial charge in [-0.1, -0.05) is 54.4 Å². The molecular formula is C28H46O2. The van der Waals surface area contributed by atoms with Crippen LogP contribution in [0.3, 0.4) is 0 Å². The number of carbonyl (C=O) groups excluding carboxylic acids is 2. The smallest absolute Gasteiger partial charge is 0.137 e. The van der Waals surface area contributed by atoms with E-state index in [0.29, 0.717) is 35.7 Å². The molecule has 0 unspecified atom stereocenters. The van der Waals surface area contributed by atoms with Crippen molar-refractivity contribution in [2.75, 3.05) is 0 Å². The van der Waals surface area contributed by atoms with E-state index in [4.69, 9.17) is 0 Å². The molecule has 4 saturated carbocycles. The van der Waals surface area contributed by atoms with Gasteiger partial charge >= 0.3 is 0 Å². The van der Waals surface area contributed by atoms with Crippen LogP contribution in [0.25, 0.3) is 0 Å². The van der Waals surface area contributed by atoms with Crippen molar-refractivity contribution in [3.63, 3.8) is 0 Å². The van der Waals surface area contributed by atoms with Crippen LogP contribution in [-0.2, 0) is 9.59 Å². The zero-order chi connectivity index (χ0) is 21.8. The predicted molar refractivity (Wildman–Crippen MR) is 123 cm³/mol. The lowest BCUT2D eigenvalue weighted by atomic mass is 9.44. The average Bonchev–Trinajstić information content (AvgIpc) is 3.02. The fourth-order valence-electron chi connectivity index (χ4n) is 8.89. The summed E-state index contributed by atoms with van der Waals surface area (Å²) in [7, 11) is 0. The summed E-state index contributed by atoms with van der Waals surface area (Å²) in [5.74, 6) is 6.00. The molecule has 9 atom stereocenters. The van der Waals surface area contributed by atoms with Gasteiger partial charge in [-0.05, 0) is 84.4 Å². The molecule has 2 heteroatoms. The molecule has 0 aromatic heterocycles. The second kappa shape index (κ2) is 8.04. The van der Waals surface area contributed by atoms with Crippen molar-refractivity contribution in [1.29, 1.82) is 0 Å². The van der Waals surface area contributed by atoms with Crippen molar-refractivity contribution in [2.24, 2.45) is 58.2 Å². The van der Waals surface area contributed by atoms with E-state index in [9.17, 15) is 9.59 Å². The topological polar surface area (TPSA) is 34.1 Å². The van der Waals surface area contributed by atoms with Crippen LogP contribution < -0.4 is 0 Å². The number of hydrogen-bond donors (Lipinski definition) is 0. The standard InChI is InChI=1S/C28H46O2/c1-17(2)18(3)7-8-19(4)23-11-12-24-22-10-9-20-15-21(29)13-14-27(20,5)26(22)25(30)16-28(23,24)6/h17-20,22-24,26H,7-16H2,1-6H3/t18-,19+,20-,22-,23-,24+,26+,27-,28+/m0/s1. The third kappa shape index (κ3) is 3.53. The molecule has 4 aliphatic carbocycles. The van der Waals surface area contributed by atoms with Crippen molar-refractivity contribution >= 4 is 11.6 Å². The summed E-state index contributed by atoms with van der Waals surface area (Å²) in [4.78, 5) is 25.9. The molecule has 0 aromatic carbocycles. The van der Waals surface area contributed by atoms with Gasteiger partial charge < -0.3 is 0 Å². The van der Waals surface area contributed by atoms with E-state index in [2.05, 4.69) is 41.5 Å². The third-order valence-electron chi connectivity index (χ3n) is 11.1. The van der Waals surface area contributed by atoms with Crippen LogP contribution in [0, 0.1) is 58.2 Å². The van der Waals surface area contributed by atoms with Gasteiger partial charge in [0, 0.05) is 25.2 Å². The van der Waals surface area contributed by atoms with Crippen molar-refractivity contribution in [3.8, 4) is 0 Å². The lowest BCUT2D eigenvalue weighted by Crippen LogP contribution is -2.57. The van der Waals surface area contributed by atoms with E-state index in [1.807, 2.05) is 0 Å². The SMILES string of the molecule is CC(C)[C@@H](C)CC[C@@H](C)[C@@H]1CC[C@@H]2[C@@H]3CC[C@H]4CC(=O)CC[C@]4(C)[C@H]3C(=O)C[C@@]21C. The fraction of sp³-hybridized carbons (Fsp3) is 0.929. The average molecular weight is 415 g/mol. The summed E-state index contributed by atoms with van der Waals surface area (Å²) >= 11 is 0. The van der Waals surface area contributed by atoms with E-state index in [1.54, 1.807) is 0 Å². The minimum Gasteiger partial charge on any atom is -0.300 e. The Labute approximate surface area is 185 Å². The molecule has 0 aliphatic heterocycles. The number of rotatable bonds is 5. The molecule has 0 saturated heterocycles. The highest BCUT2D eigenvalue weighted by molar-refractivity contribution is 5.85. The molecule has 0 radical (unpaired) electrons. The van der Waals surface area contributed by atoms with Crippen LogP contribution in [0.15, 0.2) is 0 Å². The number of fused-ring (bicyclic) bond motifs is 5. The van der Waals surface area contributed by atoms with Gasteiger partial charge in [0.15, 0.2) is 0 Å². The van der Waals surface area contributed by atoms with Crippen LogP contribution in [0.5, 0.6) is 0 Å². The van der Waals surface area contributed by atoms with Crippen LogP contribution in [0.2, 0.25) is 0 Å². The van der Waals surface area contributed by atoms with Crippen molar-refractivity contribution in [3.05, 3.63) is 0 Å². The fourth-order valence-corrected chi connectivity index (χ4v) is 8.89. The Kier molecular flexibility index (Phi) is 6.04. The molecule has 0 N–H and O–H groups in total. The highest BCUT2D eigenvalue weighted by atomic mass is 16.1. The van der Waals surface area contributed by atoms with E-state index in [0.717, 1.165) is 42.9 Å². The molecule has 4 fully saturated rings. The summed E-state index contributed by atoms with van der Waals surface area (Å²) in [6, 6.07) is 0. The molecule has 0 spiro atoms. The maximum absolute atomic E-state index is 13.8. The van der Waals surface area contributed by atoms with Gasteiger partial charge in [0.2, 0.25) is 0 Å². The Morgan fingerprint density at radius 2 is 1.67 bits per heavy atom. The molecule has 30 heavy (non-hydrogen) atoms. The predicted octanol–water partition coefficient (Wildman–Crippen LogP) is 7.10. The van der Waals surface area contributed by atoms with Gasteiger partial charge in [-0.25, -0.2) is 0 Å². The molecule has 0 aromatic rings. The molecule has 0 heterocycles. The summed E-state index contributed by atoms with van der Waals surface area (Å²) in [6.45, 7) is 14.4. The van der Waals surface area contributed by atoms with E-state index >= 15 is 0 Å². The molecule has 4 aliphatic rings. The first-order valence-electron chi connectivity index (χ1n) is 13.1. The lowest BCUT2D eigenvalue weighted by Gasteiger charge is -2.59. The summed E-state index contributed by atoms with van der Waals surface area (Å²) in [6.07, 6.45) is 10.9. The van der Waals surface area contributed by atoms with Gasteiger partial charge in [0.1, 0.15) is 11.6 Å². The highest BCUT2D eigenvalue weighted by Gasteiger charge is 2.63. The minimum absolute atomic E-state index is 0.0889. The van der Waals surface area contributed by atoms with Crippen LogP contribution in [0.4, 0.5) is 0 Å². The van der Waals surface area contributed by atoms with Crippen molar-refractivity contribution in [2.45, 2.75) is 106 Å². The van der Waals surface area contributed by atoms with Gasteiger partial charge in [-0.2, -0.15) is 0 Å². The zero-order valence-corrected chi connectivity index (χ0v) is 20.5. The third-order valence-corrected chi connectivity index (χ3v) is 11.1. The largest absolute Gasteiger partial charge is 0.300 e. The lowest BCUT2D eigenvalue weighted by molar-refractivity contribution is -0.161. The van der Waals surface area contributed by atoms with Crippen LogP contribution in [-0.4, -0.2) is 11.6 Å². The zero-order valence-electron chi connectivity index (χ0n) is 20.5. The van der Waals surface area contributed by atoms with Crippen LogP contribution in [0.1, 0.15) is 106 Å². The van der Waals surface area contributed by atoms with Gasteiger partial charge in [0.05, 0.1) is 0 Å². The van der Waals surface area contributed by atoms with E-state index < -0.39 is 0 Å². The first-order valence-corrected chi connectivity index (χ1v) is 13.1. The molecule has 2 nitrogen and oxygen atoms in total. The molecule has 170 valence electrons. The Morgan fingerprint density at radius 1 is 0.933 bits per heavy atom. The Balaban J connectivity index is 1.52. The first-order chi connectivity index (χ1) is 14.1. The van der Waals surface area contributed by atoms with Gasteiger partial charge in [-0.3, -0.25) is 9.59 Å². The monoisotopic (exact) mass is 414 g/mol. The van der Waals surface area contributed by atoms with E-state index in [-0.39, 0.29) is 16.7 Å². The summed E-state index contributed by atoms with van der Waals surface area (Å²) < 4.78 is 0. The Morgan fingerprint density at radius 3 is 2.37 bits per heavy atom. The number of carbonyl (C=O) groups is 2. The number of ketones is 2. The summed E-state index contributed by atoms with van der Waals surface area (Å²) in [5.41, 5.74) is 0.304. The number of hydrogen-bond acceptors (Lipinski definition) is 2. The highest BCUT2D eigenvalue weighted by Crippen LogP contribution is 2.67. The minimum atomic E-state index is 0.0889. The number of Topliss-reactive ketones (excluding diaryl/α,β-unsaturated/α-hetero) is 2. The van der Waals surface area contributed by atoms with Crippen LogP contribution >= 0.6 is 0 Å². The summed E-state index contributed by atoms with van der Waals surface area (Å²) in [5, 5.41) is 0. The second-order valence-electron chi connectivity index (χ2n) is 12.9. The molecule has 4 rings (SSSR count). The molecular weight excluding hydrogens is 368 g/mol. The van der Waals surface area contributed by atoms with Gasteiger partial charge in [-0.15, -0.1) is 0 Å².